The maximum Gasteiger partial charge on any atom is 0.422 e. The lowest BCUT2D eigenvalue weighted by Gasteiger charge is -2.04. The smallest absolute Gasteiger partial charge is 0.422 e. The van der Waals surface area contributed by atoms with E-state index in [9.17, 15) is 18.0 Å². The molecule has 90 valence electrons. The van der Waals surface area contributed by atoms with Crippen molar-refractivity contribution in [1.82, 2.24) is 14.6 Å². The molecule has 8 heteroatoms. The number of hydrogen-bond donors (Lipinski definition) is 1. The Kier molecular flexibility index (Phi) is 2.30. The van der Waals surface area contributed by atoms with Gasteiger partial charge in [0.1, 0.15) is 5.56 Å². The third-order valence-electron chi connectivity index (χ3n) is 2.19. The molecule has 2 heterocycles. The molecule has 0 aliphatic carbocycles. The van der Waals surface area contributed by atoms with Crippen LogP contribution in [0.15, 0.2) is 12.3 Å². The van der Waals surface area contributed by atoms with Crippen LogP contribution < -0.4 is 0 Å². The molecule has 2 rings (SSSR count). The third-order valence-corrected chi connectivity index (χ3v) is 2.19. The van der Waals surface area contributed by atoms with E-state index in [1.54, 1.807) is 0 Å². The molecule has 0 saturated heterocycles. The summed E-state index contributed by atoms with van der Waals surface area (Å²) in [5.41, 5.74) is -2.50. The number of carboxylic acid groups (broad SMARTS) is 1. The molecule has 2 aromatic heterocycles. The molecular formula is C9H6F3N3O2. The van der Waals surface area contributed by atoms with Gasteiger partial charge in [-0.05, 0) is 13.0 Å². The minimum absolute atomic E-state index is 0.369. The Morgan fingerprint density at radius 1 is 1.47 bits per heavy atom. The van der Waals surface area contributed by atoms with E-state index in [0.717, 1.165) is 4.52 Å². The van der Waals surface area contributed by atoms with Gasteiger partial charge in [0.15, 0.2) is 11.3 Å². The average Bonchev–Trinajstić information content (AvgIpc) is 2.57. The van der Waals surface area contributed by atoms with Crippen molar-refractivity contribution in [1.29, 1.82) is 0 Å². The third kappa shape index (κ3) is 1.71. The first-order chi connectivity index (χ1) is 7.82. The summed E-state index contributed by atoms with van der Waals surface area (Å²) in [7, 11) is 0. The van der Waals surface area contributed by atoms with E-state index in [4.69, 9.17) is 5.11 Å². The summed E-state index contributed by atoms with van der Waals surface area (Å²) in [5.74, 6) is -1.73. The van der Waals surface area contributed by atoms with Crippen molar-refractivity contribution in [2.24, 2.45) is 0 Å². The number of nitrogens with zero attached hydrogens (tertiary/aromatic N) is 3. The van der Waals surface area contributed by atoms with Crippen LogP contribution in [0.2, 0.25) is 0 Å². The van der Waals surface area contributed by atoms with E-state index in [-0.39, 0.29) is 0 Å². The fourth-order valence-electron chi connectivity index (χ4n) is 1.47. The number of carbonyl (C=O) groups is 1. The maximum absolute atomic E-state index is 12.7. The van der Waals surface area contributed by atoms with Crippen LogP contribution in [0, 0.1) is 6.92 Å². The fourth-order valence-corrected chi connectivity index (χ4v) is 1.47. The molecule has 0 aliphatic heterocycles. The van der Waals surface area contributed by atoms with Crippen LogP contribution in [0.5, 0.6) is 0 Å². The Hall–Kier alpha value is -2.12. The van der Waals surface area contributed by atoms with Gasteiger partial charge in [-0.15, -0.1) is 0 Å². The fraction of sp³-hybridized carbons (Fsp3) is 0.222. The lowest BCUT2D eigenvalue weighted by molar-refractivity contribution is -0.137. The molecule has 0 radical (unpaired) electrons. The summed E-state index contributed by atoms with van der Waals surface area (Å²) in [5, 5.41) is 12.1. The van der Waals surface area contributed by atoms with Crippen LogP contribution in [-0.4, -0.2) is 25.7 Å². The van der Waals surface area contributed by atoms with Gasteiger partial charge in [-0.3, -0.25) is 0 Å². The molecule has 1 N–H and O–H groups in total. The Morgan fingerprint density at radius 3 is 2.65 bits per heavy atom. The van der Waals surface area contributed by atoms with Gasteiger partial charge in [0.05, 0.1) is 0 Å². The van der Waals surface area contributed by atoms with Gasteiger partial charge in [0.2, 0.25) is 0 Å². The maximum atomic E-state index is 12.7. The number of aryl methyl sites for hydroxylation is 1. The quantitative estimate of drug-likeness (QED) is 0.831. The van der Waals surface area contributed by atoms with E-state index < -0.39 is 29.1 Å². The molecular weight excluding hydrogens is 239 g/mol. The zero-order valence-corrected chi connectivity index (χ0v) is 8.49. The van der Waals surface area contributed by atoms with Gasteiger partial charge in [-0.2, -0.15) is 18.3 Å². The van der Waals surface area contributed by atoms with Crippen molar-refractivity contribution in [2.75, 3.05) is 0 Å². The molecule has 0 atom stereocenters. The predicted molar refractivity (Wildman–Crippen MR) is 49.7 cm³/mol. The number of fused-ring (bicyclic) bond motifs is 1. The number of halogens is 3. The number of rotatable bonds is 1. The minimum atomic E-state index is -4.81. The Labute approximate surface area is 92.5 Å². The van der Waals surface area contributed by atoms with Gasteiger partial charge in [0.25, 0.3) is 0 Å². The molecule has 2 aromatic rings. The molecule has 0 fully saturated rings. The second-order valence-electron chi connectivity index (χ2n) is 3.35. The summed E-state index contributed by atoms with van der Waals surface area (Å²) >= 11 is 0. The first-order valence-corrected chi connectivity index (χ1v) is 4.47. The number of alkyl halides is 3. The molecule has 5 nitrogen and oxygen atoms in total. The molecule has 0 aromatic carbocycles. The molecule has 0 amide bonds. The van der Waals surface area contributed by atoms with Crippen LogP contribution in [0.4, 0.5) is 13.2 Å². The highest BCUT2D eigenvalue weighted by atomic mass is 19.4. The summed E-state index contributed by atoms with van der Waals surface area (Å²) in [4.78, 5) is 14.3. The van der Waals surface area contributed by atoms with Gasteiger partial charge >= 0.3 is 12.1 Å². The molecule has 0 bridgehead atoms. The van der Waals surface area contributed by atoms with E-state index in [2.05, 4.69) is 10.1 Å². The lowest BCUT2D eigenvalue weighted by atomic mass is 10.2. The highest BCUT2D eigenvalue weighted by Crippen LogP contribution is 2.34. The summed E-state index contributed by atoms with van der Waals surface area (Å²) < 4.78 is 39.1. The van der Waals surface area contributed by atoms with E-state index in [1.807, 2.05) is 0 Å². The van der Waals surface area contributed by atoms with Gasteiger partial charge < -0.3 is 5.11 Å². The summed E-state index contributed by atoms with van der Waals surface area (Å²) in [6.45, 7) is 1.51. The molecule has 0 saturated carbocycles. The Bertz CT molecular complexity index is 603. The van der Waals surface area contributed by atoms with Crippen LogP contribution in [0.3, 0.4) is 0 Å². The molecule has 17 heavy (non-hydrogen) atoms. The minimum Gasteiger partial charge on any atom is -0.476 e. The Balaban J connectivity index is 2.91. The van der Waals surface area contributed by atoms with Crippen LogP contribution >= 0.6 is 0 Å². The van der Waals surface area contributed by atoms with Crippen LogP contribution in [0.25, 0.3) is 5.65 Å². The van der Waals surface area contributed by atoms with Crippen molar-refractivity contribution in [2.45, 2.75) is 13.1 Å². The highest BCUT2D eigenvalue weighted by molar-refractivity contribution is 5.89. The van der Waals surface area contributed by atoms with Gasteiger partial charge in [0, 0.05) is 11.9 Å². The second kappa shape index (κ2) is 3.44. The van der Waals surface area contributed by atoms with Gasteiger partial charge in [-0.25, -0.2) is 14.3 Å². The van der Waals surface area contributed by atoms with E-state index >= 15 is 0 Å². The van der Waals surface area contributed by atoms with Crippen molar-refractivity contribution in [3.05, 3.63) is 29.2 Å². The Morgan fingerprint density at radius 2 is 2.12 bits per heavy atom. The normalized spacial score (nSPS) is 12.0. The monoisotopic (exact) mass is 245 g/mol. The number of aromatic nitrogens is 3. The van der Waals surface area contributed by atoms with E-state index in [1.165, 1.54) is 19.2 Å². The van der Waals surface area contributed by atoms with Crippen LogP contribution in [-0.2, 0) is 6.18 Å². The predicted octanol–water partition coefficient (Wildman–Crippen LogP) is 1.75. The van der Waals surface area contributed by atoms with Crippen molar-refractivity contribution < 1.29 is 23.1 Å². The van der Waals surface area contributed by atoms with Gasteiger partial charge in [-0.1, -0.05) is 0 Å². The zero-order valence-electron chi connectivity index (χ0n) is 8.49. The SMILES string of the molecule is Cc1ccnc2c(C(F)(F)F)c(C(=O)O)nn12. The number of hydrogen-bond acceptors (Lipinski definition) is 3. The highest BCUT2D eigenvalue weighted by Gasteiger charge is 2.41. The first-order valence-electron chi connectivity index (χ1n) is 4.47. The largest absolute Gasteiger partial charge is 0.476 e. The molecule has 0 unspecified atom stereocenters. The van der Waals surface area contributed by atoms with Crippen molar-refractivity contribution in [3.63, 3.8) is 0 Å². The summed E-state index contributed by atoms with van der Waals surface area (Å²) in [6, 6.07) is 1.44. The van der Waals surface area contributed by atoms with Crippen LogP contribution in [0.1, 0.15) is 21.7 Å². The summed E-state index contributed by atoms with van der Waals surface area (Å²) in [6.07, 6.45) is -3.64. The average molecular weight is 245 g/mol. The van der Waals surface area contributed by atoms with Crippen molar-refractivity contribution in [3.8, 4) is 0 Å². The lowest BCUT2D eigenvalue weighted by Crippen LogP contribution is -2.11. The molecule has 0 aliphatic rings. The standard InChI is InChI=1S/C9H6F3N3O2/c1-4-2-3-13-7-5(9(10,11)12)6(8(16)17)14-15(4)7/h2-3H,1H3,(H,16,17). The second-order valence-corrected chi connectivity index (χ2v) is 3.35. The number of carboxylic acids is 1. The topological polar surface area (TPSA) is 67.5 Å². The zero-order chi connectivity index (χ0) is 12.8. The first kappa shape index (κ1) is 11.4. The van der Waals surface area contributed by atoms with E-state index in [0.29, 0.717) is 5.69 Å². The molecule has 0 spiro atoms. The number of aromatic carboxylic acids is 1. The van der Waals surface area contributed by atoms with Crippen molar-refractivity contribution >= 4 is 11.6 Å².